The van der Waals surface area contributed by atoms with Gasteiger partial charge in [0.05, 0.1) is 5.71 Å². The van der Waals surface area contributed by atoms with Gasteiger partial charge >= 0.3 is 0 Å². The lowest BCUT2D eigenvalue weighted by Gasteiger charge is -2.13. The number of carbonyl (C=O) groups is 1. The van der Waals surface area contributed by atoms with Gasteiger partial charge < -0.3 is 0 Å². The van der Waals surface area contributed by atoms with Crippen molar-refractivity contribution in [1.82, 2.24) is 5.43 Å². The van der Waals surface area contributed by atoms with Gasteiger partial charge in [0.1, 0.15) is 0 Å². The highest BCUT2D eigenvalue weighted by molar-refractivity contribution is 6.05. The van der Waals surface area contributed by atoms with Crippen LogP contribution in [0, 0.1) is 6.92 Å². The molecule has 0 aromatic heterocycles. The van der Waals surface area contributed by atoms with E-state index in [0.29, 0.717) is 18.4 Å². The normalized spacial score (nSPS) is 15.8. The number of carbonyl (C=O) groups excluding carboxylic acids is 1. The Balaban J connectivity index is 2.38. The number of hydrazone groups is 1. The van der Waals surface area contributed by atoms with Gasteiger partial charge in [0, 0.05) is 24.0 Å². The minimum Gasteiger partial charge on any atom is -0.290 e. The number of nitrogens with zero attached hydrogens (tertiary/aromatic N) is 1. The van der Waals surface area contributed by atoms with Crippen LogP contribution >= 0.6 is 0 Å². The Morgan fingerprint density at radius 3 is 2.80 bits per heavy atom. The lowest BCUT2D eigenvalue weighted by Crippen LogP contribution is -2.26. The summed E-state index contributed by atoms with van der Waals surface area (Å²) in [6, 6.07) is 5.09. The zero-order valence-corrected chi connectivity index (χ0v) is 8.41. The second-order valence-corrected chi connectivity index (χ2v) is 3.52. The maximum atomic E-state index is 11.4. The van der Waals surface area contributed by atoms with E-state index in [-0.39, 0.29) is 11.7 Å². The Bertz CT molecular complexity index is 438. The van der Waals surface area contributed by atoms with Gasteiger partial charge in [-0.05, 0) is 13.0 Å². The van der Waals surface area contributed by atoms with Gasteiger partial charge in [0.25, 0.3) is 0 Å². The topological polar surface area (TPSA) is 61.4 Å². The van der Waals surface area contributed by atoms with Crippen molar-refractivity contribution in [2.45, 2.75) is 19.8 Å². The van der Waals surface area contributed by atoms with E-state index < -0.39 is 0 Å². The molecule has 1 aromatic carbocycles. The number of nitrogens with one attached hydrogen (secondary N) is 1. The molecule has 0 aliphatic carbocycles. The minimum absolute atomic E-state index is 0.00657. The highest BCUT2D eigenvalue weighted by Gasteiger charge is 2.16. The Labute approximate surface area is 87.6 Å². The number of hydrogen-bond donors (Lipinski definition) is 1. The van der Waals surface area contributed by atoms with Crippen molar-refractivity contribution in [2.24, 2.45) is 5.10 Å². The van der Waals surface area contributed by atoms with Crippen molar-refractivity contribution >= 4 is 11.6 Å². The molecule has 4 heteroatoms. The molecule has 0 spiro atoms. The number of rotatable bonds is 1. The van der Waals surface area contributed by atoms with Crippen LogP contribution in [0.25, 0.3) is 0 Å². The smallest absolute Gasteiger partial charge is 0.240 e. The summed E-state index contributed by atoms with van der Waals surface area (Å²) in [5, 5.41) is 15.4. The first-order chi connectivity index (χ1) is 7.18. The Kier molecular flexibility index (Phi) is 2.41. The highest BCUT2D eigenvalue weighted by Crippen LogP contribution is 2.22. The summed E-state index contributed by atoms with van der Waals surface area (Å²) < 4.78 is 0. The fourth-order valence-electron chi connectivity index (χ4n) is 1.60. The molecule has 15 heavy (non-hydrogen) atoms. The standard InChI is InChI=1S/C11H11N2O2/c1-7-8(3-2-4-10(7)14)9-5-6-11(15)13-12-9/h2-4H,5-6H2,1H3,(H,13,15). The SMILES string of the molecule is Cc1c([O])cccc1C1=NNC(=O)CC1. The molecule has 0 fully saturated rings. The second kappa shape index (κ2) is 3.73. The molecule has 1 aromatic rings. The molecule has 0 saturated heterocycles. The third-order valence-electron chi connectivity index (χ3n) is 2.50. The van der Waals surface area contributed by atoms with Crippen molar-refractivity contribution < 1.29 is 9.90 Å². The summed E-state index contributed by atoms with van der Waals surface area (Å²) in [7, 11) is 0. The fourth-order valence-corrected chi connectivity index (χ4v) is 1.60. The average Bonchev–Trinajstić information content (AvgIpc) is 2.24. The molecule has 0 bridgehead atoms. The molecule has 0 saturated carbocycles. The van der Waals surface area contributed by atoms with Crippen LogP contribution in [0.15, 0.2) is 23.3 Å². The zero-order valence-electron chi connectivity index (χ0n) is 8.41. The lowest BCUT2D eigenvalue weighted by molar-refractivity contribution is -0.121. The second-order valence-electron chi connectivity index (χ2n) is 3.52. The first kappa shape index (κ1) is 9.71. The van der Waals surface area contributed by atoms with Crippen molar-refractivity contribution in [2.75, 3.05) is 0 Å². The van der Waals surface area contributed by atoms with Crippen LogP contribution in [0.5, 0.6) is 5.75 Å². The van der Waals surface area contributed by atoms with E-state index in [9.17, 15) is 9.90 Å². The van der Waals surface area contributed by atoms with Gasteiger partial charge in [-0.1, -0.05) is 12.1 Å². The molecular formula is C11H11N2O2. The van der Waals surface area contributed by atoms with Crippen LogP contribution in [0.1, 0.15) is 24.0 Å². The van der Waals surface area contributed by atoms with Gasteiger partial charge in [-0.2, -0.15) is 5.10 Å². The third kappa shape index (κ3) is 1.83. The van der Waals surface area contributed by atoms with E-state index >= 15 is 0 Å². The summed E-state index contributed by atoms with van der Waals surface area (Å²) in [5.41, 5.74) is 4.73. The van der Waals surface area contributed by atoms with Crippen LogP contribution in [0.3, 0.4) is 0 Å². The molecule has 1 aliphatic heterocycles. The molecule has 77 valence electrons. The zero-order chi connectivity index (χ0) is 10.8. The van der Waals surface area contributed by atoms with Gasteiger partial charge in [-0.15, -0.1) is 0 Å². The molecule has 1 aliphatic rings. The van der Waals surface area contributed by atoms with Crippen molar-refractivity contribution in [3.05, 3.63) is 29.3 Å². The summed E-state index contributed by atoms with van der Waals surface area (Å²) >= 11 is 0. The van der Waals surface area contributed by atoms with Crippen molar-refractivity contribution in [1.29, 1.82) is 0 Å². The van der Waals surface area contributed by atoms with E-state index in [2.05, 4.69) is 10.5 Å². The predicted molar refractivity (Wildman–Crippen MR) is 55.2 cm³/mol. The summed E-state index contributed by atoms with van der Waals surface area (Å²) in [6.07, 6.45) is 1.03. The van der Waals surface area contributed by atoms with Crippen LogP contribution in [0.2, 0.25) is 0 Å². The molecule has 0 atom stereocenters. The monoisotopic (exact) mass is 203 g/mol. The maximum absolute atomic E-state index is 11.4. The molecule has 1 amide bonds. The first-order valence-electron chi connectivity index (χ1n) is 4.81. The van der Waals surface area contributed by atoms with Crippen molar-refractivity contribution in [3.8, 4) is 5.75 Å². The Morgan fingerprint density at radius 2 is 2.13 bits per heavy atom. The summed E-state index contributed by atoms with van der Waals surface area (Å²) in [5.74, 6) is -0.0678. The number of amides is 1. The third-order valence-corrected chi connectivity index (χ3v) is 2.50. The lowest BCUT2D eigenvalue weighted by atomic mass is 9.99. The summed E-state index contributed by atoms with van der Waals surface area (Å²) in [4.78, 5) is 10.9. The quantitative estimate of drug-likeness (QED) is 0.742. The van der Waals surface area contributed by atoms with Gasteiger partial charge in [0.15, 0.2) is 5.75 Å². The first-order valence-corrected chi connectivity index (χ1v) is 4.81. The van der Waals surface area contributed by atoms with Gasteiger partial charge in [0.2, 0.25) is 5.91 Å². The van der Waals surface area contributed by atoms with E-state index in [1.54, 1.807) is 13.0 Å². The molecule has 1 heterocycles. The van der Waals surface area contributed by atoms with E-state index in [1.165, 1.54) is 6.07 Å². The van der Waals surface area contributed by atoms with Crippen LogP contribution in [-0.2, 0) is 9.90 Å². The Morgan fingerprint density at radius 1 is 1.33 bits per heavy atom. The predicted octanol–water partition coefficient (Wildman–Crippen LogP) is 1.75. The average molecular weight is 203 g/mol. The molecular weight excluding hydrogens is 192 g/mol. The minimum atomic E-state index is -0.0744. The fraction of sp³-hybridized carbons (Fsp3) is 0.273. The van der Waals surface area contributed by atoms with E-state index in [1.807, 2.05) is 6.07 Å². The highest BCUT2D eigenvalue weighted by atomic mass is 16.3. The number of benzene rings is 1. The molecule has 0 unspecified atom stereocenters. The van der Waals surface area contributed by atoms with Crippen LogP contribution in [-0.4, -0.2) is 11.6 Å². The van der Waals surface area contributed by atoms with Crippen molar-refractivity contribution in [3.63, 3.8) is 0 Å². The largest absolute Gasteiger partial charge is 0.290 e. The molecule has 1 N–H and O–H groups in total. The van der Waals surface area contributed by atoms with Crippen LogP contribution in [0.4, 0.5) is 0 Å². The van der Waals surface area contributed by atoms with Crippen LogP contribution < -0.4 is 5.43 Å². The van der Waals surface area contributed by atoms with Gasteiger partial charge in [-0.25, -0.2) is 5.43 Å². The molecule has 1 radical (unpaired) electrons. The summed E-state index contributed by atoms with van der Waals surface area (Å²) in [6.45, 7) is 1.77. The molecule has 2 rings (SSSR count). The number of hydrogen-bond acceptors (Lipinski definition) is 2. The van der Waals surface area contributed by atoms with Gasteiger partial charge in [-0.3, -0.25) is 9.90 Å². The van der Waals surface area contributed by atoms with E-state index in [0.717, 1.165) is 11.3 Å². The maximum Gasteiger partial charge on any atom is 0.240 e. The molecule has 4 nitrogen and oxygen atoms in total. The Hall–Kier alpha value is -1.84. The van der Waals surface area contributed by atoms with E-state index in [4.69, 9.17) is 0 Å².